The minimum atomic E-state index is -0.335. The lowest BCUT2D eigenvalue weighted by Crippen LogP contribution is -2.13. The zero-order chi connectivity index (χ0) is 13.1. The molecule has 7 heteroatoms. The van der Waals surface area contributed by atoms with Crippen molar-refractivity contribution in [3.05, 3.63) is 42.0 Å². The molecule has 0 radical (unpaired) electrons. The molecule has 1 aromatic heterocycles. The van der Waals surface area contributed by atoms with Gasteiger partial charge < -0.3 is 14.8 Å². The maximum absolute atomic E-state index is 11.7. The fraction of sp³-hybridized carbons (Fsp3) is 0.250. The van der Waals surface area contributed by atoms with Gasteiger partial charge in [0.05, 0.1) is 13.2 Å². The number of hydrogen-bond acceptors (Lipinski definition) is 5. The van der Waals surface area contributed by atoms with E-state index in [0.29, 0.717) is 18.9 Å². The van der Waals surface area contributed by atoms with E-state index in [1.54, 1.807) is 12.1 Å². The van der Waals surface area contributed by atoms with Gasteiger partial charge in [-0.25, -0.2) is 4.98 Å². The number of rotatable bonds is 3. The van der Waals surface area contributed by atoms with Crippen molar-refractivity contribution in [2.24, 2.45) is 0 Å². The lowest BCUT2D eigenvalue weighted by atomic mass is 10.2. The average Bonchev–Trinajstić information content (AvgIpc) is 3.13. The van der Waals surface area contributed by atoms with Crippen molar-refractivity contribution in [3.63, 3.8) is 0 Å². The summed E-state index contributed by atoms with van der Waals surface area (Å²) in [6.07, 6.45) is 0.978. The van der Waals surface area contributed by atoms with Crippen LogP contribution in [0, 0.1) is 0 Å². The molecule has 0 atom stereocenters. The standard InChI is InChI=1S/C12H12N4O3/c17-11(10-13-7-14-16-10)15-9-3-1-8(2-4-9)12-18-5-6-19-12/h1-4,7,12H,5-6H2,(H,15,17)(H,13,14,16). The summed E-state index contributed by atoms with van der Waals surface area (Å²) < 4.78 is 10.8. The molecule has 2 N–H and O–H groups in total. The number of aromatic amines is 1. The van der Waals surface area contributed by atoms with E-state index in [1.807, 2.05) is 12.1 Å². The van der Waals surface area contributed by atoms with Crippen molar-refractivity contribution in [1.29, 1.82) is 0 Å². The third-order valence-electron chi connectivity index (χ3n) is 2.69. The van der Waals surface area contributed by atoms with Crippen LogP contribution in [0.25, 0.3) is 0 Å². The molecule has 19 heavy (non-hydrogen) atoms. The largest absolute Gasteiger partial charge is 0.346 e. The minimum Gasteiger partial charge on any atom is -0.346 e. The van der Waals surface area contributed by atoms with Gasteiger partial charge in [0.15, 0.2) is 6.29 Å². The van der Waals surface area contributed by atoms with E-state index in [2.05, 4.69) is 20.5 Å². The van der Waals surface area contributed by atoms with Crippen LogP contribution >= 0.6 is 0 Å². The van der Waals surface area contributed by atoms with Gasteiger partial charge in [-0.2, -0.15) is 5.10 Å². The monoisotopic (exact) mass is 260 g/mol. The molecule has 1 aliphatic rings. The molecule has 0 aliphatic carbocycles. The van der Waals surface area contributed by atoms with Gasteiger partial charge in [-0.15, -0.1) is 0 Å². The zero-order valence-electron chi connectivity index (χ0n) is 10.00. The van der Waals surface area contributed by atoms with Gasteiger partial charge in [0.1, 0.15) is 6.33 Å². The minimum absolute atomic E-state index is 0.173. The molecule has 3 rings (SSSR count). The summed E-state index contributed by atoms with van der Waals surface area (Å²) in [5.41, 5.74) is 1.60. The SMILES string of the molecule is O=C(Nc1ccc(C2OCCO2)cc1)c1ncn[nH]1. The average molecular weight is 260 g/mol. The van der Waals surface area contributed by atoms with Crippen molar-refractivity contribution >= 4 is 11.6 Å². The Hall–Kier alpha value is -2.25. The summed E-state index contributed by atoms with van der Waals surface area (Å²) in [7, 11) is 0. The maximum Gasteiger partial charge on any atom is 0.292 e. The number of nitrogens with one attached hydrogen (secondary N) is 2. The third-order valence-corrected chi connectivity index (χ3v) is 2.69. The van der Waals surface area contributed by atoms with E-state index in [1.165, 1.54) is 6.33 Å². The second-order valence-electron chi connectivity index (χ2n) is 3.98. The molecule has 1 amide bonds. The first-order chi connectivity index (χ1) is 9.33. The number of ether oxygens (including phenoxy) is 2. The zero-order valence-corrected chi connectivity index (χ0v) is 10.00. The van der Waals surface area contributed by atoms with Crippen LogP contribution in [-0.2, 0) is 9.47 Å². The van der Waals surface area contributed by atoms with Crippen molar-refractivity contribution in [2.45, 2.75) is 6.29 Å². The molecule has 2 heterocycles. The van der Waals surface area contributed by atoms with E-state index in [0.717, 1.165) is 5.56 Å². The fourth-order valence-corrected chi connectivity index (χ4v) is 1.78. The number of amides is 1. The highest BCUT2D eigenvalue weighted by atomic mass is 16.7. The molecule has 1 aromatic carbocycles. The molecule has 2 aromatic rings. The van der Waals surface area contributed by atoms with Crippen LogP contribution in [0.2, 0.25) is 0 Å². The van der Waals surface area contributed by atoms with Gasteiger partial charge in [-0.3, -0.25) is 9.89 Å². The van der Waals surface area contributed by atoms with Crippen LogP contribution in [-0.4, -0.2) is 34.3 Å². The fourth-order valence-electron chi connectivity index (χ4n) is 1.78. The molecular weight excluding hydrogens is 248 g/mol. The highest BCUT2D eigenvalue weighted by Gasteiger charge is 2.18. The topological polar surface area (TPSA) is 89.1 Å². The number of hydrogen-bond donors (Lipinski definition) is 2. The first-order valence-electron chi connectivity index (χ1n) is 5.83. The summed E-state index contributed by atoms with van der Waals surface area (Å²) >= 11 is 0. The highest BCUT2D eigenvalue weighted by molar-refractivity contribution is 6.01. The number of carbonyl (C=O) groups excluding carboxylic acids is 1. The number of H-pyrrole nitrogens is 1. The Morgan fingerprint density at radius 1 is 1.26 bits per heavy atom. The summed E-state index contributed by atoms with van der Waals surface area (Å²) in [5.74, 6) is -0.162. The van der Waals surface area contributed by atoms with Gasteiger partial charge in [0, 0.05) is 11.3 Å². The Bertz CT molecular complexity index is 547. The molecule has 0 saturated carbocycles. The Kier molecular flexibility index (Phi) is 3.21. The van der Waals surface area contributed by atoms with E-state index >= 15 is 0 Å². The van der Waals surface area contributed by atoms with Crippen LogP contribution < -0.4 is 5.32 Å². The normalized spacial score (nSPS) is 15.6. The van der Waals surface area contributed by atoms with Gasteiger partial charge in [-0.05, 0) is 12.1 Å². The summed E-state index contributed by atoms with van der Waals surface area (Å²) in [6.45, 7) is 1.21. The van der Waals surface area contributed by atoms with Crippen molar-refractivity contribution < 1.29 is 14.3 Å². The Morgan fingerprint density at radius 3 is 2.63 bits per heavy atom. The molecule has 1 aliphatic heterocycles. The Balaban J connectivity index is 1.67. The van der Waals surface area contributed by atoms with Crippen molar-refractivity contribution in [1.82, 2.24) is 15.2 Å². The maximum atomic E-state index is 11.7. The lowest BCUT2D eigenvalue weighted by molar-refractivity contribution is -0.0441. The predicted octanol–water partition coefficient (Wildman–Crippen LogP) is 1.10. The van der Waals surface area contributed by atoms with Gasteiger partial charge >= 0.3 is 0 Å². The molecule has 0 unspecified atom stereocenters. The number of aromatic nitrogens is 3. The van der Waals surface area contributed by atoms with E-state index in [4.69, 9.17) is 9.47 Å². The van der Waals surface area contributed by atoms with Crippen LogP contribution in [0.15, 0.2) is 30.6 Å². The van der Waals surface area contributed by atoms with Crippen LogP contribution in [0.5, 0.6) is 0 Å². The number of carbonyl (C=O) groups is 1. The molecule has 0 spiro atoms. The molecule has 0 bridgehead atoms. The number of benzene rings is 1. The summed E-state index contributed by atoms with van der Waals surface area (Å²) in [4.78, 5) is 15.5. The quantitative estimate of drug-likeness (QED) is 0.862. The second kappa shape index (κ2) is 5.17. The summed E-state index contributed by atoms with van der Waals surface area (Å²) in [5, 5.41) is 8.83. The molecule has 7 nitrogen and oxygen atoms in total. The highest BCUT2D eigenvalue weighted by Crippen LogP contribution is 2.24. The van der Waals surface area contributed by atoms with E-state index < -0.39 is 0 Å². The Labute approximate surface area is 108 Å². The van der Waals surface area contributed by atoms with E-state index in [9.17, 15) is 4.79 Å². The summed E-state index contributed by atoms with van der Waals surface area (Å²) in [6, 6.07) is 7.28. The first kappa shape index (κ1) is 11.8. The molecular formula is C12H12N4O3. The van der Waals surface area contributed by atoms with Gasteiger partial charge in [-0.1, -0.05) is 12.1 Å². The molecule has 1 saturated heterocycles. The molecule has 1 fully saturated rings. The number of nitrogens with zero attached hydrogens (tertiary/aromatic N) is 2. The van der Waals surface area contributed by atoms with Crippen LogP contribution in [0.4, 0.5) is 5.69 Å². The smallest absolute Gasteiger partial charge is 0.292 e. The van der Waals surface area contributed by atoms with Crippen LogP contribution in [0.3, 0.4) is 0 Å². The molecule has 98 valence electrons. The third kappa shape index (κ3) is 2.61. The Morgan fingerprint density at radius 2 is 2.00 bits per heavy atom. The van der Waals surface area contributed by atoms with Gasteiger partial charge in [0.2, 0.25) is 5.82 Å². The van der Waals surface area contributed by atoms with Crippen molar-refractivity contribution in [2.75, 3.05) is 18.5 Å². The van der Waals surface area contributed by atoms with Crippen LogP contribution in [0.1, 0.15) is 22.5 Å². The van der Waals surface area contributed by atoms with E-state index in [-0.39, 0.29) is 18.0 Å². The predicted molar refractivity (Wildman–Crippen MR) is 65.4 cm³/mol. The second-order valence-corrected chi connectivity index (χ2v) is 3.98. The van der Waals surface area contributed by atoms with Gasteiger partial charge in [0.25, 0.3) is 5.91 Å². The van der Waals surface area contributed by atoms with Crippen molar-refractivity contribution in [3.8, 4) is 0 Å². The lowest BCUT2D eigenvalue weighted by Gasteiger charge is -2.10. The first-order valence-corrected chi connectivity index (χ1v) is 5.83. The number of anilines is 1.